The van der Waals surface area contributed by atoms with E-state index in [4.69, 9.17) is 10.5 Å². The third-order valence-electron chi connectivity index (χ3n) is 4.71. The lowest BCUT2D eigenvalue weighted by Crippen LogP contribution is -2.55. The minimum absolute atomic E-state index is 0.0739. The molecule has 33 heavy (non-hydrogen) atoms. The molecule has 0 radical (unpaired) electrons. The van der Waals surface area contributed by atoms with E-state index in [1.165, 1.54) is 4.90 Å². The molecule has 0 aliphatic carbocycles. The molecule has 11 nitrogen and oxygen atoms in total. The molecular weight excluding hydrogens is 444 g/mol. The van der Waals surface area contributed by atoms with Gasteiger partial charge in [-0.05, 0) is 27.2 Å². The number of hydrogen-bond donors (Lipinski definition) is 3. The fourth-order valence-electron chi connectivity index (χ4n) is 3.15. The van der Waals surface area contributed by atoms with Gasteiger partial charge >= 0.3 is 6.09 Å². The van der Waals surface area contributed by atoms with Gasteiger partial charge in [0.15, 0.2) is 0 Å². The fraction of sp³-hybridized carbons (Fsp3) is 0.550. The lowest BCUT2D eigenvalue weighted by molar-refractivity contribution is -0.384. The average molecular weight is 471 g/mol. The zero-order valence-corrected chi connectivity index (χ0v) is 18.5. The van der Waals surface area contributed by atoms with Crippen LogP contribution in [0.15, 0.2) is 12.1 Å². The van der Waals surface area contributed by atoms with Crippen molar-refractivity contribution in [1.82, 2.24) is 10.2 Å². The number of piperidine rings is 1. The summed E-state index contributed by atoms with van der Waals surface area (Å²) in [6.07, 6.45) is -2.41. The van der Waals surface area contributed by atoms with Crippen molar-refractivity contribution in [3.63, 3.8) is 0 Å². The molecule has 1 fully saturated rings. The Bertz CT molecular complexity index is 936. The molecule has 2 atom stereocenters. The van der Waals surface area contributed by atoms with E-state index in [2.05, 4.69) is 10.6 Å². The van der Waals surface area contributed by atoms with Crippen LogP contribution in [0.4, 0.5) is 25.0 Å². The van der Waals surface area contributed by atoms with Gasteiger partial charge in [0.1, 0.15) is 23.3 Å². The van der Waals surface area contributed by atoms with E-state index in [-0.39, 0.29) is 38.2 Å². The van der Waals surface area contributed by atoms with Crippen molar-refractivity contribution in [2.45, 2.75) is 51.4 Å². The molecule has 1 aliphatic heterocycles. The molecule has 3 amide bonds. The summed E-state index contributed by atoms with van der Waals surface area (Å²) in [5.41, 5.74) is 2.72. The molecule has 0 spiro atoms. The van der Waals surface area contributed by atoms with Gasteiger partial charge in [-0.1, -0.05) is 0 Å². The van der Waals surface area contributed by atoms with Crippen LogP contribution in [0.3, 0.4) is 0 Å². The van der Waals surface area contributed by atoms with E-state index in [1.807, 2.05) is 0 Å². The van der Waals surface area contributed by atoms with Crippen LogP contribution < -0.4 is 16.4 Å². The van der Waals surface area contributed by atoms with Crippen LogP contribution >= 0.6 is 0 Å². The highest BCUT2D eigenvalue weighted by Crippen LogP contribution is 2.28. The molecule has 1 heterocycles. The van der Waals surface area contributed by atoms with Crippen molar-refractivity contribution in [3.8, 4) is 0 Å². The smallest absolute Gasteiger partial charge is 0.410 e. The number of halogens is 2. The summed E-state index contributed by atoms with van der Waals surface area (Å²) in [6.45, 7) is 4.82. The summed E-state index contributed by atoms with van der Waals surface area (Å²) in [7, 11) is 0. The lowest BCUT2D eigenvalue weighted by Gasteiger charge is -2.36. The highest BCUT2D eigenvalue weighted by molar-refractivity contribution is 5.96. The predicted octanol–water partition coefficient (Wildman–Crippen LogP) is 2.10. The van der Waals surface area contributed by atoms with Gasteiger partial charge in [-0.15, -0.1) is 0 Å². The van der Waals surface area contributed by atoms with Crippen LogP contribution in [-0.2, 0) is 9.53 Å². The van der Waals surface area contributed by atoms with Gasteiger partial charge in [0.25, 0.3) is 11.6 Å². The number of amides is 3. The molecule has 1 aromatic rings. The summed E-state index contributed by atoms with van der Waals surface area (Å²) in [5, 5.41) is 16.2. The molecule has 1 aromatic carbocycles. The van der Waals surface area contributed by atoms with E-state index in [0.29, 0.717) is 0 Å². The van der Waals surface area contributed by atoms with E-state index >= 15 is 0 Å². The number of nitrogens with one attached hydrogen (secondary N) is 2. The third kappa shape index (κ3) is 7.26. The van der Waals surface area contributed by atoms with Crippen LogP contribution in [0.2, 0.25) is 0 Å². The maximum absolute atomic E-state index is 14.6. The number of hydrogen-bond acceptors (Lipinski definition) is 7. The van der Waals surface area contributed by atoms with Crippen LogP contribution in [0, 0.1) is 15.9 Å². The maximum Gasteiger partial charge on any atom is 0.410 e. The van der Waals surface area contributed by atoms with Gasteiger partial charge in [-0.2, -0.15) is 0 Å². The van der Waals surface area contributed by atoms with Gasteiger partial charge in [0.05, 0.1) is 16.5 Å². The zero-order chi connectivity index (χ0) is 24.9. The van der Waals surface area contributed by atoms with E-state index in [9.17, 15) is 33.3 Å². The van der Waals surface area contributed by atoms with E-state index in [1.54, 1.807) is 20.8 Å². The zero-order valence-electron chi connectivity index (χ0n) is 18.5. The van der Waals surface area contributed by atoms with Gasteiger partial charge in [0, 0.05) is 38.2 Å². The van der Waals surface area contributed by atoms with E-state index < -0.39 is 57.7 Å². The number of benzene rings is 1. The molecule has 2 rings (SSSR count). The summed E-state index contributed by atoms with van der Waals surface area (Å²) in [4.78, 5) is 47.5. The molecule has 1 saturated heterocycles. The van der Waals surface area contributed by atoms with Crippen molar-refractivity contribution in [3.05, 3.63) is 33.6 Å². The number of rotatable bonds is 7. The number of nitro benzene ring substituents is 1. The fourth-order valence-corrected chi connectivity index (χ4v) is 3.15. The van der Waals surface area contributed by atoms with E-state index in [0.717, 1.165) is 12.1 Å². The highest BCUT2D eigenvalue weighted by Gasteiger charge is 2.35. The second-order valence-electron chi connectivity index (χ2n) is 8.56. The molecular formula is C20H27F2N5O6. The number of carbonyl (C=O) groups is 3. The minimum Gasteiger partial charge on any atom is -0.444 e. The van der Waals surface area contributed by atoms with Gasteiger partial charge in [-0.25, -0.2) is 13.6 Å². The first kappa shape index (κ1) is 25.7. The van der Waals surface area contributed by atoms with Crippen LogP contribution in [0.5, 0.6) is 0 Å². The lowest BCUT2D eigenvalue weighted by atomic mass is 10.0. The molecule has 0 saturated carbocycles. The van der Waals surface area contributed by atoms with Crippen LogP contribution in [0.1, 0.15) is 44.0 Å². The number of nitro groups is 1. The van der Waals surface area contributed by atoms with Gasteiger partial charge < -0.3 is 26.0 Å². The minimum atomic E-state index is -1.51. The summed E-state index contributed by atoms with van der Waals surface area (Å²) < 4.78 is 34.3. The Labute approximate surface area is 188 Å². The largest absolute Gasteiger partial charge is 0.444 e. The van der Waals surface area contributed by atoms with Crippen molar-refractivity contribution >= 4 is 29.3 Å². The molecule has 1 aliphatic rings. The Morgan fingerprint density at radius 1 is 1.33 bits per heavy atom. The Morgan fingerprint density at radius 3 is 2.58 bits per heavy atom. The number of primary amides is 1. The van der Waals surface area contributed by atoms with Gasteiger partial charge in [0.2, 0.25) is 5.91 Å². The van der Waals surface area contributed by atoms with Crippen molar-refractivity contribution in [2.75, 3.05) is 25.0 Å². The Kier molecular flexibility index (Phi) is 8.12. The topological polar surface area (TPSA) is 157 Å². The number of nitrogens with zero attached hydrogens (tertiary/aromatic N) is 2. The van der Waals surface area contributed by atoms with Crippen molar-refractivity contribution in [1.29, 1.82) is 0 Å². The standard InChI is InChI=1S/C20H27F2N5O6/c1-20(2,3)33-19(30)26-7-5-12(21)15(10-26)25-18(29)11-8-16(27(31)32)14(9-13(11)22)24-6-4-17(23)28/h8-9,12,15,24H,4-7,10H2,1-3H3,(H2,23,28)(H,25,29)/t12-,15-/m0/s1. The number of carbonyl (C=O) groups excluding carboxylic acids is 3. The SMILES string of the molecule is CC(C)(C)OC(=O)N1CC[C@H](F)[C@@H](NC(=O)c2cc([N+](=O)[O-])c(NCCC(N)=O)cc2F)C1. The number of likely N-dealkylation sites (tertiary alicyclic amines) is 1. The quantitative estimate of drug-likeness (QED) is 0.406. The second-order valence-corrected chi connectivity index (χ2v) is 8.56. The number of alkyl halides is 1. The molecule has 0 bridgehead atoms. The Morgan fingerprint density at radius 2 is 2.00 bits per heavy atom. The molecule has 4 N–H and O–H groups in total. The predicted molar refractivity (Wildman–Crippen MR) is 114 cm³/mol. The number of anilines is 1. The molecule has 0 aromatic heterocycles. The Hall–Kier alpha value is -3.51. The number of ether oxygens (including phenoxy) is 1. The normalized spacial score (nSPS) is 18.4. The van der Waals surface area contributed by atoms with Gasteiger partial charge in [-0.3, -0.25) is 19.7 Å². The highest BCUT2D eigenvalue weighted by atomic mass is 19.1. The molecule has 182 valence electrons. The first-order chi connectivity index (χ1) is 15.3. The summed E-state index contributed by atoms with van der Waals surface area (Å²) >= 11 is 0. The third-order valence-corrected chi connectivity index (χ3v) is 4.71. The first-order valence-corrected chi connectivity index (χ1v) is 10.2. The van der Waals surface area contributed by atoms with Crippen LogP contribution in [-0.4, -0.2) is 65.2 Å². The first-order valence-electron chi connectivity index (χ1n) is 10.2. The van der Waals surface area contributed by atoms with Crippen molar-refractivity contribution in [2.24, 2.45) is 5.73 Å². The monoisotopic (exact) mass is 471 g/mol. The number of nitrogens with two attached hydrogens (primary N) is 1. The molecule has 0 unspecified atom stereocenters. The van der Waals surface area contributed by atoms with Crippen LogP contribution in [0.25, 0.3) is 0 Å². The average Bonchev–Trinajstić information content (AvgIpc) is 2.67. The second kappa shape index (κ2) is 10.4. The Balaban J connectivity index is 2.17. The summed E-state index contributed by atoms with van der Waals surface area (Å²) in [5.74, 6) is -2.82. The molecule has 13 heteroatoms. The summed E-state index contributed by atoms with van der Waals surface area (Å²) in [6, 6.07) is 0.305. The van der Waals surface area contributed by atoms with Crippen molar-refractivity contribution < 1.29 is 32.8 Å². The maximum atomic E-state index is 14.6.